The van der Waals surface area contributed by atoms with Crippen LogP contribution in [-0.2, 0) is 19.6 Å². The van der Waals surface area contributed by atoms with E-state index in [1.54, 1.807) is 12.1 Å². The predicted octanol–water partition coefficient (Wildman–Crippen LogP) is 1.94. The van der Waals surface area contributed by atoms with Gasteiger partial charge in [-0.15, -0.1) is 0 Å². The lowest BCUT2D eigenvalue weighted by Crippen LogP contribution is -2.53. The van der Waals surface area contributed by atoms with Gasteiger partial charge in [0.05, 0.1) is 18.2 Å². The molecule has 0 radical (unpaired) electrons. The summed E-state index contributed by atoms with van der Waals surface area (Å²) in [6, 6.07) is 3.41. The van der Waals surface area contributed by atoms with Gasteiger partial charge < -0.3 is 9.47 Å². The van der Waals surface area contributed by atoms with Crippen molar-refractivity contribution in [1.82, 2.24) is 14.2 Å². The van der Waals surface area contributed by atoms with Gasteiger partial charge in [0.15, 0.2) is 5.44 Å². The van der Waals surface area contributed by atoms with Crippen LogP contribution in [0.15, 0.2) is 18.3 Å². The molecule has 1 atom stereocenters. The molecule has 0 unspecified atom stereocenters. The van der Waals surface area contributed by atoms with Crippen molar-refractivity contribution < 1.29 is 22.7 Å². The molecule has 0 aliphatic carbocycles. The van der Waals surface area contributed by atoms with Gasteiger partial charge >= 0.3 is 0 Å². The Bertz CT molecular complexity index is 782. The molecule has 10 heteroatoms. The number of carbonyl (C=O) groups excluding carboxylic acids is 1. The van der Waals surface area contributed by atoms with Crippen LogP contribution < -0.4 is 4.74 Å². The van der Waals surface area contributed by atoms with E-state index in [0.717, 1.165) is 6.42 Å². The zero-order valence-electron chi connectivity index (χ0n) is 16.6. The summed E-state index contributed by atoms with van der Waals surface area (Å²) < 4.78 is 38.9. The number of carbonyl (C=O) groups is 1. The molecule has 0 saturated carbocycles. The van der Waals surface area contributed by atoms with Crippen molar-refractivity contribution in [2.45, 2.75) is 44.1 Å². The maximum Gasteiger partial charge on any atom is 0.242 e. The maximum atomic E-state index is 13.0. The van der Waals surface area contributed by atoms with E-state index in [-0.39, 0.29) is 25.0 Å². The molecule has 1 aromatic heterocycles. The highest BCUT2D eigenvalue weighted by Gasteiger charge is 2.38. The third kappa shape index (κ3) is 6.11. The molecule has 0 bridgehead atoms. The number of rotatable bonds is 8. The summed E-state index contributed by atoms with van der Waals surface area (Å²) in [6.07, 6.45) is 3.90. The van der Waals surface area contributed by atoms with Gasteiger partial charge in [-0.3, -0.25) is 9.69 Å². The molecule has 8 nitrogen and oxygen atoms in total. The molecule has 2 fully saturated rings. The lowest BCUT2D eigenvalue weighted by atomic mass is 10.1. The second-order valence-electron chi connectivity index (χ2n) is 7.40. The average molecular weight is 446 g/mol. The van der Waals surface area contributed by atoms with Crippen molar-refractivity contribution in [2.24, 2.45) is 0 Å². The van der Waals surface area contributed by atoms with Crippen molar-refractivity contribution in [3.63, 3.8) is 0 Å². The Morgan fingerprint density at radius 1 is 1.31 bits per heavy atom. The summed E-state index contributed by atoms with van der Waals surface area (Å²) in [5.74, 6) is 0.623. The number of morpholine rings is 1. The van der Waals surface area contributed by atoms with Crippen molar-refractivity contribution in [3.8, 4) is 5.88 Å². The molecule has 2 aliphatic heterocycles. The highest BCUT2D eigenvalue weighted by molar-refractivity contribution is 7.89. The fourth-order valence-electron chi connectivity index (χ4n) is 3.57. The van der Waals surface area contributed by atoms with Gasteiger partial charge in [0, 0.05) is 44.9 Å². The summed E-state index contributed by atoms with van der Waals surface area (Å²) >= 11 is 5.83. The van der Waals surface area contributed by atoms with Gasteiger partial charge in [0.25, 0.3) is 0 Å². The molecule has 2 aliphatic rings. The van der Waals surface area contributed by atoms with Crippen LogP contribution in [0.5, 0.6) is 5.88 Å². The predicted molar refractivity (Wildman–Crippen MR) is 109 cm³/mol. The Morgan fingerprint density at radius 3 is 2.72 bits per heavy atom. The highest BCUT2D eigenvalue weighted by atomic mass is 35.5. The smallest absolute Gasteiger partial charge is 0.242 e. The van der Waals surface area contributed by atoms with Gasteiger partial charge in [0.2, 0.25) is 15.9 Å². The SMILES string of the molecule is CCCC(=O)CN1CCO[C@@H](S(=O)(=O)N2CCC(Oc3ccc(Cl)cn3)CC2)C1. The molecular formula is C19H28ClN3O5S. The van der Waals surface area contributed by atoms with E-state index in [0.29, 0.717) is 56.4 Å². The topological polar surface area (TPSA) is 89.0 Å². The normalized spacial score (nSPS) is 22.5. The number of hydrogen-bond acceptors (Lipinski definition) is 7. The number of pyridine rings is 1. The van der Waals surface area contributed by atoms with Gasteiger partial charge in [-0.1, -0.05) is 18.5 Å². The van der Waals surface area contributed by atoms with E-state index in [1.165, 1.54) is 10.5 Å². The number of hydrogen-bond donors (Lipinski definition) is 0. The number of ether oxygens (including phenoxy) is 2. The number of aromatic nitrogens is 1. The Kier molecular flexibility index (Phi) is 7.86. The van der Waals surface area contributed by atoms with Crippen LogP contribution in [0.1, 0.15) is 32.6 Å². The van der Waals surface area contributed by atoms with Crippen LogP contribution in [0.2, 0.25) is 5.02 Å². The number of halogens is 1. The quantitative estimate of drug-likeness (QED) is 0.604. The van der Waals surface area contributed by atoms with Crippen LogP contribution >= 0.6 is 11.6 Å². The Labute approximate surface area is 177 Å². The van der Waals surface area contributed by atoms with E-state index in [9.17, 15) is 13.2 Å². The first-order valence-electron chi connectivity index (χ1n) is 10.0. The Morgan fingerprint density at radius 2 is 2.07 bits per heavy atom. The number of piperidine rings is 1. The molecule has 0 N–H and O–H groups in total. The number of nitrogens with zero attached hydrogens (tertiary/aromatic N) is 3. The zero-order chi connectivity index (χ0) is 20.9. The monoisotopic (exact) mass is 445 g/mol. The van der Waals surface area contributed by atoms with Crippen molar-refractivity contribution in [2.75, 3.05) is 39.3 Å². The Balaban J connectivity index is 1.52. The van der Waals surface area contributed by atoms with Crippen LogP contribution in [0, 0.1) is 0 Å². The summed E-state index contributed by atoms with van der Waals surface area (Å²) in [4.78, 5) is 17.9. The van der Waals surface area contributed by atoms with E-state index in [4.69, 9.17) is 21.1 Å². The van der Waals surface area contributed by atoms with Crippen LogP contribution in [0.25, 0.3) is 0 Å². The van der Waals surface area contributed by atoms with Gasteiger partial charge in [-0.2, -0.15) is 4.31 Å². The minimum Gasteiger partial charge on any atom is -0.474 e. The molecule has 3 rings (SSSR count). The fraction of sp³-hybridized carbons (Fsp3) is 0.684. The van der Waals surface area contributed by atoms with Crippen molar-refractivity contribution in [3.05, 3.63) is 23.4 Å². The van der Waals surface area contributed by atoms with Gasteiger partial charge in [0.1, 0.15) is 11.9 Å². The molecular weight excluding hydrogens is 418 g/mol. The van der Waals surface area contributed by atoms with E-state index in [1.807, 2.05) is 11.8 Å². The molecule has 3 heterocycles. The van der Waals surface area contributed by atoms with Gasteiger partial charge in [-0.05, 0) is 25.3 Å². The van der Waals surface area contributed by atoms with E-state index in [2.05, 4.69) is 4.98 Å². The minimum absolute atomic E-state index is 0.0921. The molecule has 162 valence electrons. The highest BCUT2D eigenvalue weighted by Crippen LogP contribution is 2.23. The fourth-order valence-corrected chi connectivity index (χ4v) is 5.40. The molecule has 1 aromatic rings. The first-order valence-corrected chi connectivity index (χ1v) is 11.9. The third-order valence-electron chi connectivity index (χ3n) is 5.13. The molecule has 0 spiro atoms. The standard InChI is InChI=1S/C19H28ClN3O5S/c1-2-3-16(24)13-22-10-11-27-19(14-22)29(25,26)23-8-6-17(7-9-23)28-18-5-4-15(20)12-21-18/h4-5,12,17,19H,2-3,6-11,13-14H2,1H3/t19-/m0/s1. The molecule has 0 amide bonds. The summed E-state index contributed by atoms with van der Waals surface area (Å²) in [5.41, 5.74) is -0.930. The number of sulfonamides is 1. The van der Waals surface area contributed by atoms with E-state index < -0.39 is 15.5 Å². The number of Topliss-reactive ketones (excluding diaryl/α,β-unsaturated/α-hetero) is 1. The van der Waals surface area contributed by atoms with Crippen LogP contribution in [-0.4, -0.2) is 79.3 Å². The molecule has 29 heavy (non-hydrogen) atoms. The zero-order valence-corrected chi connectivity index (χ0v) is 18.2. The first kappa shape index (κ1) is 22.4. The minimum atomic E-state index is -3.60. The van der Waals surface area contributed by atoms with Crippen molar-refractivity contribution >= 4 is 27.4 Å². The molecule has 2 saturated heterocycles. The summed E-state index contributed by atoms with van der Waals surface area (Å²) in [5, 5.41) is 0.538. The Hall–Kier alpha value is -1.26. The second kappa shape index (κ2) is 10.2. The summed E-state index contributed by atoms with van der Waals surface area (Å²) in [7, 11) is -3.60. The van der Waals surface area contributed by atoms with Crippen molar-refractivity contribution in [1.29, 1.82) is 0 Å². The third-order valence-corrected chi connectivity index (χ3v) is 7.39. The largest absolute Gasteiger partial charge is 0.474 e. The first-order chi connectivity index (χ1) is 13.9. The lowest BCUT2D eigenvalue weighted by molar-refractivity contribution is -0.121. The lowest BCUT2D eigenvalue weighted by Gasteiger charge is -2.37. The maximum absolute atomic E-state index is 13.0. The number of ketones is 1. The van der Waals surface area contributed by atoms with Crippen LogP contribution in [0.3, 0.4) is 0 Å². The van der Waals surface area contributed by atoms with Crippen LogP contribution in [0.4, 0.5) is 0 Å². The molecule has 0 aromatic carbocycles. The second-order valence-corrected chi connectivity index (χ2v) is 9.91. The summed E-state index contributed by atoms with van der Waals surface area (Å²) in [6.45, 7) is 4.10. The average Bonchev–Trinajstić information content (AvgIpc) is 2.70. The van der Waals surface area contributed by atoms with Gasteiger partial charge in [-0.25, -0.2) is 13.4 Å². The van der Waals surface area contributed by atoms with E-state index >= 15 is 0 Å².